The van der Waals surface area contributed by atoms with Crippen LogP contribution in [0.2, 0.25) is 0 Å². The minimum Gasteiger partial charge on any atom is -0.396 e. The molecule has 1 aliphatic rings. The molecule has 1 atom stereocenters. The van der Waals surface area contributed by atoms with Gasteiger partial charge in [-0.25, -0.2) is 0 Å². The van der Waals surface area contributed by atoms with E-state index in [9.17, 15) is 9.90 Å². The fourth-order valence-corrected chi connectivity index (χ4v) is 3.26. The van der Waals surface area contributed by atoms with Gasteiger partial charge in [0.25, 0.3) is 0 Å². The minimum absolute atomic E-state index is 0.0501. The summed E-state index contributed by atoms with van der Waals surface area (Å²) in [5.41, 5.74) is 2.22. The van der Waals surface area contributed by atoms with Gasteiger partial charge >= 0.3 is 0 Å². The van der Waals surface area contributed by atoms with E-state index in [2.05, 4.69) is 17.1 Å². The molecular formula is C19H31N3O2. The molecule has 0 aromatic heterocycles. The summed E-state index contributed by atoms with van der Waals surface area (Å²) in [6.07, 6.45) is 2.10. The van der Waals surface area contributed by atoms with Crippen molar-refractivity contribution in [2.75, 3.05) is 46.9 Å². The van der Waals surface area contributed by atoms with E-state index in [0.717, 1.165) is 38.0 Å². The van der Waals surface area contributed by atoms with Crippen molar-refractivity contribution >= 4 is 5.91 Å². The van der Waals surface area contributed by atoms with E-state index < -0.39 is 0 Å². The Balaban J connectivity index is 1.82. The number of nitrogens with zero attached hydrogens (tertiary/aromatic N) is 2. The molecule has 0 aliphatic carbocycles. The molecule has 1 aromatic carbocycles. The van der Waals surface area contributed by atoms with Crippen LogP contribution in [-0.4, -0.2) is 67.7 Å². The largest absolute Gasteiger partial charge is 0.396 e. The maximum atomic E-state index is 12.6. The first-order chi connectivity index (χ1) is 11.5. The number of likely N-dealkylation sites (N-methyl/N-ethyl adjacent to an activating group) is 1. The molecule has 5 nitrogen and oxygen atoms in total. The number of rotatable bonds is 7. The average molecular weight is 333 g/mol. The van der Waals surface area contributed by atoms with Crippen LogP contribution in [-0.2, 0) is 4.79 Å². The number of aryl methyl sites for hydroxylation is 1. The quantitative estimate of drug-likeness (QED) is 0.792. The Kier molecular flexibility index (Phi) is 7.21. The Morgan fingerprint density at radius 1 is 1.29 bits per heavy atom. The molecule has 1 amide bonds. The maximum Gasteiger partial charge on any atom is 0.241 e. The number of hydrogen-bond donors (Lipinski definition) is 2. The van der Waals surface area contributed by atoms with Crippen molar-refractivity contribution in [3.05, 3.63) is 35.4 Å². The second-order valence-electron chi connectivity index (χ2n) is 7.04. The number of likely N-dealkylation sites (tertiary alicyclic amines) is 1. The van der Waals surface area contributed by atoms with Crippen molar-refractivity contribution in [2.24, 2.45) is 5.92 Å². The molecule has 1 aliphatic heterocycles. The van der Waals surface area contributed by atoms with Crippen LogP contribution in [0.3, 0.4) is 0 Å². The molecular weight excluding hydrogens is 302 g/mol. The van der Waals surface area contributed by atoms with Crippen LogP contribution in [0.4, 0.5) is 0 Å². The highest BCUT2D eigenvalue weighted by Crippen LogP contribution is 2.19. The first kappa shape index (κ1) is 18.9. The molecule has 2 N–H and O–H groups in total. The van der Waals surface area contributed by atoms with E-state index in [0.29, 0.717) is 19.1 Å². The van der Waals surface area contributed by atoms with E-state index in [1.54, 1.807) is 0 Å². The van der Waals surface area contributed by atoms with E-state index >= 15 is 0 Å². The van der Waals surface area contributed by atoms with E-state index in [1.807, 2.05) is 43.3 Å². The highest BCUT2D eigenvalue weighted by molar-refractivity contribution is 5.83. The molecule has 0 unspecified atom stereocenters. The molecule has 0 radical (unpaired) electrons. The summed E-state index contributed by atoms with van der Waals surface area (Å²) in [5, 5.41) is 12.3. The van der Waals surface area contributed by atoms with Crippen molar-refractivity contribution in [3.8, 4) is 0 Å². The predicted molar refractivity (Wildman–Crippen MR) is 96.9 cm³/mol. The summed E-state index contributed by atoms with van der Waals surface area (Å²) >= 11 is 0. The molecule has 2 rings (SSSR count). The van der Waals surface area contributed by atoms with Crippen LogP contribution in [0.1, 0.15) is 30.0 Å². The van der Waals surface area contributed by atoms with E-state index in [1.165, 1.54) is 5.56 Å². The Hall–Kier alpha value is -1.43. The summed E-state index contributed by atoms with van der Waals surface area (Å²) in [6.45, 7) is 5.91. The smallest absolute Gasteiger partial charge is 0.241 e. The summed E-state index contributed by atoms with van der Waals surface area (Å²) in [4.78, 5) is 16.9. The monoisotopic (exact) mass is 333 g/mol. The van der Waals surface area contributed by atoms with Gasteiger partial charge in [0, 0.05) is 19.7 Å². The molecule has 1 aromatic rings. The van der Waals surface area contributed by atoms with Crippen LogP contribution in [0.25, 0.3) is 0 Å². The van der Waals surface area contributed by atoms with Crippen LogP contribution in [0.15, 0.2) is 24.3 Å². The van der Waals surface area contributed by atoms with Crippen LogP contribution < -0.4 is 5.32 Å². The maximum absolute atomic E-state index is 12.6. The van der Waals surface area contributed by atoms with E-state index in [4.69, 9.17) is 0 Å². The third-order valence-corrected chi connectivity index (χ3v) is 4.85. The first-order valence-electron chi connectivity index (χ1n) is 8.85. The number of nitrogens with one attached hydrogen (secondary N) is 1. The summed E-state index contributed by atoms with van der Waals surface area (Å²) in [5.74, 6) is 0.504. The molecule has 1 heterocycles. The molecule has 0 saturated carbocycles. The lowest BCUT2D eigenvalue weighted by Crippen LogP contribution is -2.43. The van der Waals surface area contributed by atoms with Gasteiger partial charge < -0.3 is 15.3 Å². The zero-order chi connectivity index (χ0) is 17.5. The number of aliphatic hydroxyl groups excluding tert-OH is 1. The number of carbonyl (C=O) groups excluding carboxylic acids is 1. The Morgan fingerprint density at radius 3 is 2.46 bits per heavy atom. The predicted octanol–water partition coefficient (Wildman–Crippen LogP) is 1.42. The lowest BCUT2D eigenvalue weighted by Gasteiger charge is -2.31. The number of carbonyl (C=O) groups is 1. The SMILES string of the molecule is Cc1ccc([C@@H](C(=O)NCCN2CCC(CO)CC2)N(C)C)cc1. The standard InChI is InChI=1S/C19H31N3O2/c1-15-4-6-17(7-5-15)18(21(2)3)19(24)20-10-13-22-11-8-16(14-23)9-12-22/h4-7,16,18,23H,8-14H2,1-3H3,(H,20,24)/t18-/m0/s1. The highest BCUT2D eigenvalue weighted by Gasteiger charge is 2.23. The van der Waals surface area contributed by atoms with Gasteiger partial charge in [0.2, 0.25) is 5.91 Å². The summed E-state index contributed by atoms with van der Waals surface area (Å²) < 4.78 is 0. The average Bonchev–Trinajstić information content (AvgIpc) is 2.57. The number of piperidine rings is 1. The molecule has 134 valence electrons. The van der Waals surface area contributed by atoms with Crippen molar-refractivity contribution in [2.45, 2.75) is 25.8 Å². The lowest BCUT2D eigenvalue weighted by molar-refractivity contribution is -0.125. The van der Waals surface area contributed by atoms with Gasteiger partial charge in [-0.3, -0.25) is 9.69 Å². The normalized spacial score (nSPS) is 17.9. The third-order valence-electron chi connectivity index (χ3n) is 4.85. The molecule has 0 bridgehead atoms. The van der Waals surface area contributed by atoms with Crippen LogP contribution in [0, 0.1) is 12.8 Å². The molecule has 24 heavy (non-hydrogen) atoms. The summed E-state index contributed by atoms with van der Waals surface area (Å²) in [6, 6.07) is 7.89. The second-order valence-corrected chi connectivity index (χ2v) is 7.04. The van der Waals surface area contributed by atoms with Crippen molar-refractivity contribution in [1.82, 2.24) is 15.1 Å². The van der Waals surface area contributed by atoms with Gasteiger partial charge in [-0.1, -0.05) is 29.8 Å². The van der Waals surface area contributed by atoms with Gasteiger partial charge in [0.05, 0.1) is 0 Å². The van der Waals surface area contributed by atoms with Gasteiger partial charge in [0.15, 0.2) is 0 Å². The fraction of sp³-hybridized carbons (Fsp3) is 0.632. The molecule has 0 spiro atoms. The number of benzene rings is 1. The molecule has 1 saturated heterocycles. The topological polar surface area (TPSA) is 55.8 Å². The Labute approximate surface area is 145 Å². The molecule has 5 heteroatoms. The summed E-state index contributed by atoms with van der Waals surface area (Å²) in [7, 11) is 3.87. The van der Waals surface area contributed by atoms with Gasteiger partial charge in [-0.15, -0.1) is 0 Å². The lowest BCUT2D eigenvalue weighted by atomic mass is 9.98. The Morgan fingerprint density at radius 2 is 1.92 bits per heavy atom. The number of hydrogen-bond acceptors (Lipinski definition) is 4. The van der Waals surface area contributed by atoms with Crippen molar-refractivity contribution in [3.63, 3.8) is 0 Å². The van der Waals surface area contributed by atoms with Crippen molar-refractivity contribution < 1.29 is 9.90 Å². The van der Waals surface area contributed by atoms with Gasteiger partial charge in [-0.05, 0) is 58.4 Å². The second kappa shape index (κ2) is 9.16. The zero-order valence-electron chi connectivity index (χ0n) is 15.2. The molecule has 1 fully saturated rings. The van der Waals surface area contributed by atoms with Crippen LogP contribution in [0.5, 0.6) is 0 Å². The Bertz CT molecular complexity index is 508. The van der Waals surface area contributed by atoms with Gasteiger partial charge in [-0.2, -0.15) is 0 Å². The van der Waals surface area contributed by atoms with Crippen LogP contribution >= 0.6 is 0 Å². The van der Waals surface area contributed by atoms with E-state index in [-0.39, 0.29) is 11.9 Å². The zero-order valence-corrected chi connectivity index (χ0v) is 15.2. The fourth-order valence-electron chi connectivity index (χ4n) is 3.26. The number of amides is 1. The van der Waals surface area contributed by atoms with Gasteiger partial charge in [0.1, 0.15) is 6.04 Å². The first-order valence-corrected chi connectivity index (χ1v) is 8.85. The minimum atomic E-state index is -0.259. The third kappa shape index (κ3) is 5.30. The van der Waals surface area contributed by atoms with Crippen molar-refractivity contribution in [1.29, 1.82) is 0 Å². The number of aliphatic hydroxyl groups is 1. The highest BCUT2D eigenvalue weighted by atomic mass is 16.3.